The predicted molar refractivity (Wildman–Crippen MR) is 63.5 cm³/mol. The van der Waals surface area contributed by atoms with E-state index in [2.05, 4.69) is 0 Å². The van der Waals surface area contributed by atoms with Gasteiger partial charge in [0.05, 0.1) is 0 Å². The molecule has 0 fully saturated rings. The van der Waals surface area contributed by atoms with Gasteiger partial charge in [0.1, 0.15) is 0 Å². The number of aryl methyl sites for hydroxylation is 1. The first-order valence-corrected chi connectivity index (χ1v) is 5.66. The summed E-state index contributed by atoms with van der Waals surface area (Å²) in [6, 6.07) is 3.16. The third-order valence-electron chi connectivity index (χ3n) is 2.18. The molecule has 0 saturated carbocycles. The Balaban J connectivity index is 3.47. The van der Waals surface area contributed by atoms with Crippen LogP contribution in [0.2, 0.25) is 0 Å². The number of Topliss-reactive ketones (excluding diaryl/α,β-unsaturated/α-hetero) is 1. The minimum absolute atomic E-state index is 0.147. The number of rotatable bonds is 3. The molecule has 4 heteroatoms. The van der Waals surface area contributed by atoms with Crippen molar-refractivity contribution in [2.75, 3.05) is 0 Å². The van der Waals surface area contributed by atoms with Gasteiger partial charge in [-0.25, -0.2) is 8.78 Å². The van der Waals surface area contributed by atoms with Crippen LogP contribution in [0.1, 0.15) is 41.8 Å². The molecule has 1 aromatic rings. The standard InChI is InChI=1S/C11H11F2IO/c1-3-7-4-8(14)5-9(11(12)13)10(7)6(2)15/h4-5,11H,3H2,1-2H3. The summed E-state index contributed by atoms with van der Waals surface area (Å²) in [6.07, 6.45) is -2.00. The normalized spacial score (nSPS) is 10.8. The van der Waals surface area contributed by atoms with Crippen molar-refractivity contribution in [3.63, 3.8) is 0 Å². The van der Waals surface area contributed by atoms with E-state index in [-0.39, 0.29) is 16.9 Å². The molecule has 0 saturated heterocycles. The lowest BCUT2D eigenvalue weighted by atomic mass is 9.96. The van der Waals surface area contributed by atoms with E-state index in [4.69, 9.17) is 0 Å². The Morgan fingerprint density at radius 1 is 1.47 bits per heavy atom. The molecule has 1 rings (SSSR count). The van der Waals surface area contributed by atoms with Crippen molar-refractivity contribution in [1.29, 1.82) is 0 Å². The molecule has 0 amide bonds. The van der Waals surface area contributed by atoms with Crippen LogP contribution in [0.15, 0.2) is 12.1 Å². The summed E-state index contributed by atoms with van der Waals surface area (Å²) in [5.74, 6) is -0.293. The lowest BCUT2D eigenvalue weighted by molar-refractivity contribution is 0.0998. The smallest absolute Gasteiger partial charge is 0.264 e. The highest BCUT2D eigenvalue weighted by atomic mass is 127. The molecule has 1 aromatic carbocycles. The highest BCUT2D eigenvalue weighted by Gasteiger charge is 2.19. The molecule has 0 atom stereocenters. The lowest BCUT2D eigenvalue weighted by Gasteiger charge is -2.11. The Morgan fingerprint density at radius 3 is 2.47 bits per heavy atom. The van der Waals surface area contributed by atoms with Crippen molar-refractivity contribution in [3.8, 4) is 0 Å². The fraction of sp³-hybridized carbons (Fsp3) is 0.364. The van der Waals surface area contributed by atoms with Gasteiger partial charge >= 0.3 is 0 Å². The number of halogens is 3. The van der Waals surface area contributed by atoms with Crippen LogP contribution in [0.4, 0.5) is 8.78 Å². The predicted octanol–water partition coefficient (Wildman–Crippen LogP) is 3.99. The number of benzene rings is 1. The van der Waals surface area contributed by atoms with Gasteiger partial charge in [-0.15, -0.1) is 0 Å². The molecule has 82 valence electrons. The molecule has 0 aromatic heterocycles. The average molecular weight is 324 g/mol. The second-order valence-electron chi connectivity index (χ2n) is 3.24. The van der Waals surface area contributed by atoms with Crippen LogP contribution in [0.3, 0.4) is 0 Å². The zero-order chi connectivity index (χ0) is 11.6. The van der Waals surface area contributed by atoms with E-state index in [1.165, 1.54) is 13.0 Å². The molecule has 0 unspecified atom stereocenters. The molecule has 0 N–H and O–H groups in total. The van der Waals surface area contributed by atoms with Gasteiger partial charge in [0.2, 0.25) is 0 Å². The van der Waals surface area contributed by atoms with Crippen molar-refractivity contribution >= 4 is 28.4 Å². The summed E-state index contributed by atoms with van der Waals surface area (Å²) in [4.78, 5) is 11.3. The summed E-state index contributed by atoms with van der Waals surface area (Å²) in [7, 11) is 0. The second kappa shape index (κ2) is 5.01. The van der Waals surface area contributed by atoms with Crippen LogP contribution in [0.25, 0.3) is 0 Å². The third kappa shape index (κ3) is 2.74. The SMILES string of the molecule is CCc1cc(I)cc(C(F)F)c1C(C)=O. The largest absolute Gasteiger partial charge is 0.294 e. The van der Waals surface area contributed by atoms with Gasteiger partial charge < -0.3 is 0 Å². The molecule has 0 radical (unpaired) electrons. The summed E-state index contributed by atoms with van der Waals surface area (Å²) in [5.41, 5.74) is 0.740. The Kier molecular flexibility index (Phi) is 4.19. The molecular weight excluding hydrogens is 313 g/mol. The van der Waals surface area contributed by atoms with E-state index in [1.807, 2.05) is 29.5 Å². The highest BCUT2D eigenvalue weighted by molar-refractivity contribution is 14.1. The molecular formula is C11H11F2IO. The van der Waals surface area contributed by atoms with Crippen molar-refractivity contribution in [3.05, 3.63) is 32.4 Å². The van der Waals surface area contributed by atoms with Crippen LogP contribution >= 0.6 is 22.6 Å². The van der Waals surface area contributed by atoms with Crippen LogP contribution in [-0.2, 0) is 6.42 Å². The first kappa shape index (κ1) is 12.5. The maximum absolute atomic E-state index is 12.7. The van der Waals surface area contributed by atoms with E-state index in [0.29, 0.717) is 12.0 Å². The monoisotopic (exact) mass is 324 g/mol. The molecule has 0 aliphatic rings. The van der Waals surface area contributed by atoms with Crippen LogP contribution in [-0.4, -0.2) is 5.78 Å². The molecule has 0 bridgehead atoms. The fourth-order valence-corrected chi connectivity index (χ4v) is 2.28. The first-order chi connectivity index (χ1) is 6.97. The summed E-state index contributed by atoms with van der Waals surface area (Å²) >= 11 is 1.98. The summed E-state index contributed by atoms with van der Waals surface area (Å²) in [6.45, 7) is 3.18. The number of carbonyl (C=O) groups is 1. The summed E-state index contributed by atoms with van der Waals surface area (Å²) in [5, 5.41) is 0. The quantitative estimate of drug-likeness (QED) is 0.607. The third-order valence-corrected chi connectivity index (χ3v) is 2.81. The van der Waals surface area contributed by atoms with Crippen LogP contribution in [0.5, 0.6) is 0 Å². The van der Waals surface area contributed by atoms with E-state index in [0.717, 1.165) is 3.57 Å². The van der Waals surface area contributed by atoms with Crippen LogP contribution in [0, 0.1) is 3.57 Å². The van der Waals surface area contributed by atoms with Crippen molar-refractivity contribution in [1.82, 2.24) is 0 Å². The van der Waals surface area contributed by atoms with Crippen molar-refractivity contribution < 1.29 is 13.6 Å². The maximum Gasteiger partial charge on any atom is 0.264 e. The van der Waals surface area contributed by atoms with E-state index >= 15 is 0 Å². The van der Waals surface area contributed by atoms with Gasteiger partial charge in [-0.05, 0) is 53.6 Å². The molecule has 0 aliphatic heterocycles. The minimum Gasteiger partial charge on any atom is -0.294 e. The lowest BCUT2D eigenvalue weighted by Crippen LogP contribution is -2.06. The average Bonchev–Trinajstić information content (AvgIpc) is 2.15. The first-order valence-electron chi connectivity index (χ1n) is 4.58. The van der Waals surface area contributed by atoms with Gasteiger partial charge in [-0.3, -0.25) is 4.79 Å². The van der Waals surface area contributed by atoms with Crippen LogP contribution < -0.4 is 0 Å². The van der Waals surface area contributed by atoms with Gasteiger partial charge in [0, 0.05) is 14.7 Å². The van der Waals surface area contributed by atoms with E-state index in [1.54, 1.807) is 6.07 Å². The minimum atomic E-state index is -2.59. The van der Waals surface area contributed by atoms with Crippen molar-refractivity contribution in [2.45, 2.75) is 26.7 Å². The van der Waals surface area contributed by atoms with Gasteiger partial charge in [0.15, 0.2) is 5.78 Å². The molecule has 15 heavy (non-hydrogen) atoms. The fourth-order valence-electron chi connectivity index (χ4n) is 1.57. The molecule has 1 nitrogen and oxygen atoms in total. The van der Waals surface area contributed by atoms with E-state index in [9.17, 15) is 13.6 Å². The number of carbonyl (C=O) groups excluding carboxylic acids is 1. The van der Waals surface area contributed by atoms with Crippen molar-refractivity contribution in [2.24, 2.45) is 0 Å². The Morgan fingerprint density at radius 2 is 2.07 bits per heavy atom. The molecule has 0 spiro atoms. The number of hydrogen-bond donors (Lipinski definition) is 0. The number of hydrogen-bond acceptors (Lipinski definition) is 1. The van der Waals surface area contributed by atoms with E-state index < -0.39 is 6.43 Å². The Bertz CT molecular complexity index is 388. The van der Waals surface area contributed by atoms with Gasteiger partial charge in [0.25, 0.3) is 6.43 Å². The maximum atomic E-state index is 12.7. The second-order valence-corrected chi connectivity index (χ2v) is 4.49. The number of alkyl halides is 2. The Hall–Kier alpha value is -0.520. The zero-order valence-corrected chi connectivity index (χ0v) is 10.6. The molecule has 0 aliphatic carbocycles. The van der Waals surface area contributed by atoms with Gasteiger partial charge in [-0.1, -0.05) is 6.92 Å². The highest BCUT2D eigenvalue weighted by Crippen LogP contribution is 2.28. The topological polar surface area (TPSA) is 17.1 Å². The number of ketones is 1. The molecule has 0 heterocycles. The Labute approximate surface area is 101 Å². The zero-order valence-electron chi connectivity index (χ0n) is 8.48. The van der Waals surface area contributed by atoms with Gasteiger partial charge in [-0.2, -0.15) is 0 Å². The summed E-state index contributed by atoms with van der Waals surface area (Å²) < 4.78 is 26.2.